The number of carbonyl (C=O) groups excluding carboxylic acids is 1. The van der Waals surface area contributed by atoms with Crippen LogP contribution < -0.4 is 10.5 Å². The number of hydrogen-bond donors (Lipinski definition) is 0. The molecule has 0 fully saturated rings. The summed E-state index contributed by atoms with van der Waals surface area (Å²) in [7, 11) is 0. The molecule has 0 aliphatic rings. The number of para-hydroxylation sites is 2. The molecule has 0 unspecified atom stereocenters. The minimum Gasteiger partial charge on any atom is -0.312 e. The molecule has 1 amide bonds. The first-order valence-corrected chi connectivity index (χ1v) is 11.6. The van der Waals surface area contributed by atoms with Crippen LogP contribution in [0.15, 0.2) is 82.7 Å². The third kappa shape index (κ3) is 4.32. The second kappa shape index (κ2) is 9.40. The lowest BCUT2D eigenvalue weighted by Gasteiger charge is -2.21. The maximum atomic E-state index is 13.4. The van der Waals surface area contributed by atoms with Crippen molar-refractivity contribution in [3.8, 4) is 5.69 Å². The Morgan fingerprint density at radius 2 is 1.69 bits per heavy atom. The van der Waals surface area contributed by atoms with E-state index in [1.807, 2.05) is 87.5 Å². The van der Waals surface area contributed by atoms with Crippen LogP contribution in [0.4, 0.5) is 5.69 Å². The van der Waals surface area contributed by atoms with Crippen molar-refractivity contribution in [1.29, 1.82) is 0 Å². The van der Waals surface area contributed by atoms with E-state index in [1.165, 1.54) is 11.8 Å². The van der Waals surface area contributed by atoms with Gasteiger partial charge in [-0.1, -0.05) is 48.2 Å². The van der Waals surface area contributed by atoms with Crippen LogP contribution in [0.2, 0.25) is 0 Å². The molecule has 0 bridgehead atoms. The van der Waals surface area contributed by atoms with Crippen LogP contribution in [-0.2, 0) is 4.79 Å². The maximum Gasteiger partial charge on any atom is 0.266 e. The molecule has 6 heteroatoms. The van der Waals surface area contributed by atoms with E-state index < -0.39 is 0 Å². The number of anilines is 1. The summed E-state index contributed by atoms with van der Waals surface area (Å²) in [5, 5.41) is 1.07. The molecule has 0 spiro atoms. The van der Waals surface area contributed by atoms with E-state index in [-0.39, 0.29) is 17.2 Å². The minimum absolute atomic E-state index is 0.0299. The van der Waals surface area contributed by atoms with E-state index in [1.54, 1.807) is 15.5 Å². The molecular weight excluding hydrogens is 418 g/mol. The Morgan fingerprint density at radius 1 is 0.969 bits per heavy atom. The number of rotatable bonds is 6. The highest BCUT2D eigenvalue weighted by atomic mass is 32.2. The zero-order valence-electron chi connectivity index (χ0n) is 18.4. The van der Waals surface area contributed by atoms with Crippen molar-refractivity contribution in [3.63, 3.8) is 0 Å². The first-order chi connectivity index (χ1) is 15.5. The fourth-order valence-corrected chi connectivity index (χ4v) is 4.51. The lowest BCUT2D eigenvalue weighted by molar-refractivity contribution is -0.116. The van der Waals surface area contributed by atoms with E-state index >= 15 is 0 Å². The lowest BCUT2D eigenvalue weighted by atomic mass is 10.1. The fourth-order valence-electron chi connectivity index (χ4n) is 3.62. The molecule has 5 nitrogen and oxygen atoms in total. The van der Waals surface area contributed by atoms with E-state index in [4.69, 9.17) is 4.98 Å². The molecule has 0 saturated carbocycles. The molecule has 1 aromatic heterocycles. The predicted octanol–water partition coefficient (Wildman–Crippen LogP) is 5.15. The van der Waals surface area contributed by atoms with Crippen molar-refractivity contribution in [1.82, 2.24) is 9.55 Å². The van der Waals surface area contributed by atoms with Gasteiger partial charge in [0.1, 0.15) is 0 Å². The van der Waals surface area contributed by atoms with Gasteiger partial charge in [-0.05, 0) is 68.3 Å². The molecule has 162 valence electrons. The Bertz CT molecular complexity index is 1330. The van der Waals surface area contributed by atoms with Crippen molar-refractivity contribution >= 4 is 34.3 Å². The SMILES string of the molecule is CCN(C(=O)CSc1nc2ccccc2c(=O)n1-c1ccc(C)c(C)c1)c1ccccc1. The second-order valence-electron chi connectivity index (χ2n) is 7.58. The van der Waals surface area contributed by atoms with Crippen LogP contribution in [0.5, 0.6) is 0 Å². The lowest BCUT2D eigenvalue weighted by Crippen LogP contribution is -2.32. The van der Waals surface area contributed by atoms with Gasteiger partial charge in [-0.3, -0.25) is 14.2 Å². The monoisotopic (exact) mass is 443 g/mol. The highest BCUT2D eigenvalue weighted by Gasteiger charge is 2.18. The number of benzene rings is 3. The largest absolute Gasteiger partial charge is 0.312 e. The first kappa shape index (κ1) is 21.8. The second-order valence-corrected chi connectivity index (χ2v) is 8.53. The molecule has 0 saturated heterocycles. The maximum absolute atomic E-state index is 13.4. The average Bonchev–Trinajstić information content (AvgIpc) is 2.81. The van der Waals surface area contributed by atoms with Crippen molar-refractivity contribution < 1.29 is 4.79 Å². The van der Waals surface area contributed by atoms with Gasteiger partial charge in [-0.25, -0.2) is 4.98 Å². The summed E-state index contributed by atoms with van der Waals surface area (Å²) in [4.78, 5) is 32.9. The smallest absolute Gasteiger partial charge is 0.266 e. The highest BCUT2D eigenvalue weighted by molar-refractivity contribution is 7.99. The number of fused-ring (bicyclic) bond motifs is 1. The van der Waals surface area contributed by atoms with E-state index in [9.17, 15) is 9.59 Å². The third-order valence-corrected chi connectivity index (χ3v) is 6.43. The van der Waals surface area contributed by atoms with Crippen molar-refractivity contribution in [2.24, 2.45) is 0 Å². The van der Waals surface area contributed by atoms with Gasteiger partial charge in [-0.15, -0.1) is 0 Å². The molecular formula is C26H25N3O2S. The summed E-state index contributed by atoms with van der Waals surface area (Å²) in [5.41, 5.74) is 4.35. The molecule has 0 radical (unpaired) electrons. The number of amides is 1. The molecule has 0 aliphatic carbocycles. The molecule has 4 rings (SSSR count). The third-order valence-electron chi connectivity index (χ3n) is 5.50. The summed E-state index contributed by atoms with van der Waals surface area (Å²) >= 11 is 1.29. The van der Waals surface area contributed by atoms with Gasteiger partial charge in [0, 0.05) is 12.2 Å². The Kier molecular flexibility index (Phi) is 6.42. The fraction of sp³-hybridized carbons (Fsp3) is 0.192. The molecule has 0 aliphatic heterocycles. The minimum atomic E-state index is -0.135. The van der Waals surface area contributed by atoms with Crippen LogP contribution in [0.1, 0.15) is 18.1 Å². The van der Waals surface area contributed by atoms with E-state index in [0.29, 0.717) is 22.6 Å². The van der Waals surface area contributed by atoms with Gasteiger partial charge in [0.2, 0.25) is 5.91 Å². The molecule has 0 N–H and O–H groups in total. The van der Waals surface area contributed by atoms with Crippen molar-refractivity contribution in [2.45, 2.75) is 25.9 Å². The summed E-state index contributed by atoms with van der Waals surface area (Å²) in [5.74, 6) is 0.149. The zero-order chi connectivity index (χ0) is 22.7. The average molecular weight is 444 g/mol. The van der Waals surface area contributed by atoms with Crippen LogP contribution in [0.25, 0.3) is 16.6 Å². The quantitative estimate of drug-likeness (QED) is 0.306. The summed E-state index contributed by atoms with van der Waals surface area (Å²) in [6, 6.07) is 22.8. The summed E-state index contributed by atoms with van der Waals surface area (Å²) in [6.07, 6.45) is 0. The number of carbonyl (C=O) groups is 1. The Balaban J connectivity index is 1.73. The van der Waals surface area contributed by atoms with E-state index in [0.717, 1.165) is 22.5 Å². The van der Waals surface area contributed by atoms with Gasteiger partial charge in [0.05, 0.1) is 22.3 Å². The Hall–Kier alpha value is -3.38. The van der Waals surface area contributed by atoms with Gasteiger partial charge < -0.3 is 4.90 Å². The molecule has 32 heavy (non-hydrogen) atoms. The predicted molar refractivity (Wildman–Crippen MR) is 132 cm³/mol. The summed E-state index contributed by atoms with van der Waals surface area (Å²) < 4.78 is 1.62. The normalized spacial score (nSPS) is 11.0. The van der Waals surface area contributed by atoms with Gasteiger partial charge >= 0.3 is 0 Å². The number of aromatic nitrogens is 2. The highest BCUT2D eigenvalue weighted by Crippen LogP contribution is 2.24. The van der Waals surface area contributed by atoms with Crippen LogP contribution >= 0.6 is 11.8 Å². The van der Waals surface area contributed by atoms with Gasteiger partial charge in [0.25, 0.3) is 5.56 Å². The number of aryl methyl sites for hydroxylation is 2. The van der Waals surface area contributed by atoms with Crippen LogP contribution in [0.3, 0.4) is 0 Å². The molecule has 1 heterocycles. The number of thioether (sulfide) groups is 1. The molecule has 0 atom stereocenters. The van der Waals surface area contributed by atoms with Gasteiger partial charge in [0.15, 0.2) is 5.16 Å². The zero-order valence-corrected chi connectivity index (χ0v) is 19.2. The number of hydrogen-bond acceptors (Lipinski definition) is 4. The Labute approximate surface area is 191 Å². The topological polar surface area (TPSA) is 55.2 Å². The Morgan fingerprint density at radius 3 is 2.41 bits per heavy atom. The summed E-state index contributed by atoms with van der Waals surface area (Å²) in [6.45, 7) is 6.58. The first-order valence-electron chi connectivity index (χ1n) is 10.6. The number of nitrogens with zero attached hydrogens (tertiary/aromatic N) is 3. The van der Waals surface area contributed by atoms with Crippen molar-refractivity contribution in [3.05, 3.63) is 94.3 Å². The van der Waals surface area contributed by atoms with Crippen LogP contribution in [0, 0.1) is 13.8 Å². The van der Waals surface area contributed by atoms with Gasteiger partial charge in [-0.2, -0.15) is 0 Å². The standard InChI is InChI=1S/C26H25N3O2S/c1-4-28(20-10-6-5-7-11-20)24(30)17-32-26-27-23-13-9-8-12-22(23)25(31)29(26)21-15-14-18(2)19(3)16-21/h5-16H,4,17H2,1-3H3. The van der Waals surface area contributed by atoms with Crippen LogP contribution in [-0.4, -0.2) is 27.8 Å². The van der Waals surface area contributed by atoms with Crippen molar-refractivity contribution in [2.75, 3.05) is 17.2 Å². The molecule has 3 aromatic carbocycles. The van der Waals surface area contributed by atoms with E-state index in [2.05, 4.69) is 0 Å². The molecule has 4 aromatic rings.